The number of carbonyl (C=O) groups is 1. The molecule has 0 fully saturated rings. The number of para-hydroxylation sites is 1. The molecule has 0 aliphatic rings. The highest BCUT2D eigenvalue weighted by Gasteiger charge is 2.43. The number of hydrogen-bond donors (Lipinski definition) is 1. The molecule has 1 heterocycles. The molecule has 122 valence electrons. The molecule has 0 unspecified atom stereocenters. The maximum absolute atomic E-state index is 13.7. The molecule has 2 aromatic carbocycles. The van der Waals surface area contributed by atoms with Crippen molar-refractivity contribution in [1.82, 2.24) is 4.98 Å². The Morgan fingerprint density at radius 1 is 1.00 bits per heavy atom. The standard InChI is InChI=1S/C18H13F3N2O/c19-18(20,21)16(11-6-2-1-3-7-11)15-10-13(17(22)24)12-8-4-5-9-14(12)23-15/h1-10,16H,(H2,22,24)/t16-/m1/s1. The normalized spacial score (nSPS) is 13.0. The fourth-order valence-corrected chi connectivity index (χ4v) is 2.72. The van der Waals surface area contributed by atoms with E-state index in [0.29, 0.717) is 10.9 Å². The second-order valence-electron chi connectivity index (χ2n) is 5.36. The number of halogens is 3. The third-order valence-electron chi connectivity index (χ3n) is 3.76. The van der Waals surface area contributed by atoms with Crippen LogP contribution in [0.25, 0.3) is 10.9 Å². The van der Waals surface area contributed by atoms with E-state index in [1.807, 2.05) is 0 Å². The van der Waals surface area contributed by atoms with Gasteiger partial charge in [-0.3, -0.25) is 9.78 Å². The minimum absolute atomic E-state index is 0.0285. The molecular formula is C18H13F3N2O. The molecule has 1 atom stereocenters. The lowest BCUT2D eigenvalue weighted by atomic mass is 9.92. The molecule has 0 saturated carbocycles. The van der Waals surface area contributed by atoms with Crippen LogP contribution in [0.3, 0.4) is 0 Å². The van der Waals surface area contributed by atoms with Crippen LogP contribution in [0.15, 0.2) is 60.7 Å². The Labute approximate surface area is 135 Å². The molecule has 3 rings (SSSR count). The van der Waals surface area contributed by atoms with Gasteiger partial charge in [-0.05, 0) is 17.7 Å². The number of alkyl halides is 3. The number of nitrogens with zero attached hydrogens (tertiary/aromatic N) is 1. The van der Waals surface area contributed by atoms with E-state index in [1.54, 1.807) is 30.3 Å². The van der Waals surface area contributed by atoms with Gasteiger partial charge in [-0.25, -0.2) is 0 Å². The highest BCUT2D eigenvalue weighted by atomic mass is 19.4. The number of hydrogen-bond acceptors (Lipinski definition) is 2. The maximum Gasteiger partial charge on any atom is 0.401 e. The molecule has 3 nitrogen and oxygen atoms in total. The average Bonchev–Trinajstić information content (AvgIpc) is 2.54. The van der Waals surface area contributed by atoms with Crippen molar-refractivity contribution in [2.24, 2.45) is 5.73 Å². The monoisotopic (exact) mass is 330 g/mol. The van der Waals surface area contributed by atoms with Crippen LogP contribution < -0.4 is 5.73 Å². The van der Waals surface area contributed by atoms with Gasteiger partial charge in [0.2, 0.25) is 5.91 Å². The minimum atomic E-state index is -4.55. The summed E-state index contributed by atoms with van der Waals surface area (Å²) in [5.41, 5.74) is 5.49. The van der Waals surface area contributed by atoms with E-state index in [1.165, 1.54) is 24.3 Å². The number of pyridine rings is 1. The molecular weight excluding hydrogens is 317 g/mol. The van der Waals surface area contributed by atoms with Gasteiger partial charge in [0.25, 0.3) is 0 Å². The smallest absolute Gasteiger partial charge is 0.366 e. The number of carbonyl (C=O) groups excluding carboxylic acids is 1. The van der Waals surface area contributed by atoms with Gasteiger partial charge in [0.1, 0.15) is 5.92 Å². The topological polar surface area (TPSA) is 56.0 Å². The van der Waals surface area contributed by atoms with Crippen LogP contribution in [0.5, 0.6) is 0 Å². The lowest BCUT2D eigenvalue weighted by molar-refractivity contribution is -0.141. The highest BCUT2D eigenvalue weighted by molar-refractivity contribution is 6.05. The Kier molecular flexibility index (Phi) is 3.97. The van der Waals surface area contributed by atoms with E-state index in [-0.39, 0.29) is 16.8 Å². The summed E-state index contributed by atoms with van der Waals surface area (Å²) in [6, 6.07) is 15.1. The van der Waals surface area contributed by atoms with E-state index < -0.39 is 18.0 Å². The number of rotatable bonds is 3. The molecule has 0 bridgehead atoms. The summed E-state index contributed by atoms with van der Waals surface area (Å²) in [5.74, 6) is -2.72. The summed E-state index contributed by atoms with van der Waals surface area (Å²) >= 11 is 0. The first-order chi connectivity index (χ1) is 11.4. The van der Waals surface area contributed by atoms with E-state index in [0.717, 1.165) is 6.07 Å². The van der Waals surface area contributed by atoms with Crippen LogP contribution in [0.1, 0.15) is 27.5 Å². The third-order valence-corrected chi connectivity index (χ3v) is 3.76. The lowest BCUT2D eigenvalue weighted by Gasteiger charge is -2.21. The number of benzene rings is 2. The van der Waals surface area contributed by atoms with Crippen molar-refractivity contribution in [3.8, 4) is 0 Å². The van der Waals surface area contributed by atoms with Gasteiger partial charge in [-0.1, -0.05) is 48.5 Å². The summed E-state index contributed by atoms with van der Waals surface area (Å²) in [4.78, 5) is 15.8. The van der Waals surface area contributed by atoms with Gasteiger partial charge in [0.15, 0.2) is 0 Å². The van der Waals surface area contributed by atoms with Crippen LogP contribution in [-0.2, 0) is 0 Å². The van der Waals surface area contributed by atoms with E-state index in [4.69, 9.17) is 5.73 Å². The summed E-state index contributed by atoms with van der Waals surface area (Å²) in [7, 11) is 0. The van der Waals surface area contributed by atoms with Crippen LogP contribution in [-0.4, -0.2) is 17.1 Å². The van der Waals surface area contributed by atoms with Gasteiger partial charge in [-0.15, -0.1) is 0 Å². The molecule has 0 aliphatic carbocycles. The molecule has 1 aromatic heterocycles. The third kappa shape index (κ3) is 2.95. The van der Waals surface area contributed by atoms with Crippen molar-refractivity contribution in [2.75, 3.05) is 0 Å². The predicted octanol–water partition coefficient (Wildman–Crippen LogP) is 4.03. The zero-order valence-corrected chi connectivity index (χ0v) is 12.4. The number of aromatic nitrogens is 1. The zero-order chi connectivity index (χ0) is 17.3. The fourth-order valence-electron chi connectivity index (χ4n) is 2.72. The lowest BCUT2D eigenvalue weighted by Crippen LogP contribution is -2.24. The molecule has 0 spiro atoms. The summed E-state index contributed by atoms with van der Waals surface area (Å²) in [6.07, 6.45) is -4.55. The summed E-state index contributed by atoms with van der Waals surface area (Å²) < 4.78 is 41.0. The summed E-state index contributed by atoms with van der Waals surface area (Å²) in [5, 5.41) is 0.433. The largest absolute Gasteiger partial charge is 0.401 e. The van der Waals surface area contributed by atoms with E-state index in [2.05, 4.69) is 4.98 Å². The Balaban J connectivity index is 2.27. The van der Waals surface area contributed by atoms with E-state index in [9.17, 15) is 18.0 Å². The Morgan fingerprint density at radius 3 is 2.25 bits per heavy atom. The molecule has 2 N–H and O–H groups in total. The minimum Gasteiger partial charge on any atom is -0.366 e. The number of amides is 1. The quantitative estimate of drug-likeness (QED) is 0.788. The van der Waals surface area contributed by atoms with Gasteiger partial charge in [0, 0.05) is 5.39 Å². The average molecular weight is 330 g/mol. The molecule has 1 amide bonds. The highest BCUT2D eigenvalue weighted by Crippen LogP contribution is 2.40. The Hall–Kier alpha value is -2.89. The van der Waals surface area contributed by atoms with E-state index >= 15 is 0 Å². The van der Waals surface area contributed by atoms with Crippen molar-refractivity contribution in [3.63, 3.8) is 0 Å². The van der Waals surface area contributed by atoms with Crippen LogP contribution in [0, 0.1) is 0 Å². The van der Waals surface area contributed by atoms with Crippen molar-refractivity contribution < 1.29 is 18.0 Å². The first-order valence-corrected chi connectivity index (χ1v) is 7.19. The van der Waals surface area contributed by atoms with Gasteiger partial charge >= 0.3 is 6.18 Å². The number of fused-ring (bicyclic) bond motifs is 1. The van der Waals surface area contributed by atoms with Gasteiger partial charge < -0.3 is 5.73 Å². The molecule has 0 saturated heterocycles. The first kappa shape index (κ1) is 16.0. The van der Waals surface area contributed by atoms with Crippen LogP contribution in [0.4, 0.5) is 13.2 Å². The summed E-state index contributed by atoms with van der Waals surface area (Å²) in [6.45, 7) is 0. The zero-order valence-electron chi connectivity index (χ0n) is 12.4. The molecule has 0 aliphatic heterocycles. The Bertz CT molecular complexity index is 892. The molecule has 6 heteroatoms. The first-order valence-electron chi connectivity index (χ1n) is 7.19. The van der Waals surface area contributed by atoms with Crippen molar-refractivity contribution in [3.05, 3.63) is 77.5 Å². The van der Waals surface area contributed by atoms with Crippen molar-refractivity contribution in [2.45, 2.75) is 12.1 Å². The number of nitrogens with two attached hydrogens (primary N) is 1. The van der Waals surface area contributed by atoms with Crippen LogP contribution >= 0.6 is 0 Å². The van der Waals surface area contributed by atoms with Crippen molar-refractivity contribution in [1.29, 1.82) is 0 Å². The molecule has 3 aromatic rings. The second kappa shape index (κ2) is 5.96. The molecule has 0 radical (unpaired) electrons. The maximum atomic E-state index is 13.7. The van der Waals surface area contributed by atoms with Gasteiger partial charge in [-0.2, -0.15) is 13.2 Å². The predicted molar refractivity (Wildman–Crippen MR) is 84.6 cm³/mol. The molecule has 24 heavy (non-hydrogen) atoms. The Morgan fingerprint density at radius 2 is 1.62 bits per heavy atom. The van der Waals surface area contributed by atoms with Gasteiger partial charge in [0.05, 0.1) is 16.8 Å². The fraction of sp³-hybridized carbons (Fsp3) is 0.111. The second-order valence-corrected chi connectivity index (χ2v) is 5.36. The van der Waals surface area contributed by atoms with Crippen molar-refractivity contribution >= 4 is 16.8 Å². The van der Waals surface area contributed by atoms with Crippen LogP contribution in [0.2, 0.25) is 0 Å². The number of primary amides is 1. The SMILES string of the molecule is NC(=O)c1cc([C@@H](c2ccccc2)C(F)(F)F)nc2ccccc12.